The fourth-order valence-corrected chi connectivity index (χ4v) is 2.29. The van der Waals surface area contributed by atoms with Gasteiger partial charge in [0.1, 0.15) is 11.5 Å². The fourth-order valence-electron chi connectivity index (χ4n) is 2.29. The van der Waals surface area contributed by atoms with Gasteiger partial charge >= 0.3 is 0 Å². The van der Waals surface area contributed by atoms with E-state index in [-0.39, 0.29) is 0 Å². The van der Waals surface area contributed by atoms with Crippen LogP contribution in [0.1, 0.15) is 6.42 Å². The molecule has 3 rings (SSSR count). The lowest BCUT2D eigenvalue weighted by molar-refractivity contribution is 0.483. The summed E-state index contributed by atoms with van der Waals surface area (Å²) in [6, 6.07) is 18.5. The first-order valence-corrected chi connectivity index (χ1v) is 6.70. The third-order valence-corrected chi connectivity index (χ3v) is 3.24. The lowest BCUT2D eigenvalue weighted by atomic mass is 10.2. The van der Waals surface area contributed by atoms with E-state index in [0.717, 1.165) is 30.3 Å². The monoisotopic (exact) mass is 254 g/mol. The van der Waals surface area contributed by atoms with Gasteiger partial charge in [-0.1, -0.05) is 24.3 Å². The van der Waals surface area contributed by atoms with Gasteiger partial charge < -0.3 is 15.4 Å². The van der Waals surface area contributed by atoms with Crippen molar-refractivity contribution in [2.75, 3.05) is 18.4 Å². The maximum Gasteiger partial charge on any atom is 0.129 e. The summed E-state index contributed by atoms with van der Waals surface area (Å²) < 4.78 is 5.83. The molecule has 0 amide bonds. The van der Waals surface area contributed by atoms with E-state index < -0.39 is 0 Å². The minimum Gasteiger partial charge on any atom is -0.457 e. The Kier molecular flexibility index (Phi) is 3.65. The zero-order chi connectivity index (χ0) is 12.9. The molecule has 2 N–H and O–H groups in total. The normalized spacial score (nSPS) is 18.2. The Bertz CT molecular complexity index is 521. The number of hydrogen-bond donors (Lipinski definition) is 2. The van der Waals surface area contributed by atoms with Gasteiger partial charge in [-0.05, 0) is 37.2 Å². The van der Waals surface area contributed by atoms with Crippen molar-refractivity contribution in [1.29, 1.82) is 0 Å². The van der Waals surface area contributed by atoms with Crippen LogP contribution in [0.15, 0.2) is 54.6 Å². The molecule has 2 aromatic rings. The molecule has 0 spiro atoms. The summed E-state index contributed by atoms with van der Waals surface area (Å²) in [5, 5.41) is 6.88. The zero-order valence-electron chi connectivity index (χ0n) is 10.8. The average Bonchev–Trinajstić information content (AvgIpc) is 2.93. The maximum absolute atomic E-state index is 5.83. The lowest BCUT2D eigenvalue weighted by Gasteiger charge is -2.14. The van der Waals surface area contributed by atoms with E-state index in [9.17, 15) is 0 Å². The number of anilines is 1. The average molecular weight is 254 g/mol. The molecule has 1 unspecified atom stereocenters. The summed E-state index contributed by atoms with van der Waals surface area (Å²) in [6.45, 7) is 2.13. The smallest absolute Gasteiger partial charge is 0.129 e. The van der Waals surface area contributed by atoms with Crippen molar-refractivity contribution in [2.45, 2.75) is 12.5 Å². The van der Waals surface area contributed by atoms with Crippen LogP contribution in [0.2, 0.25) is 0 Å². The highest BCUT2D eigenvalue weighted by Crippen LogP contribution is 2.24. The molecule has 1 heterocycles. The summed E-state index contributed by atoms with van der Waals surface area (Å²) >= 11 is 0. The highest BCUT2D eigenvalue weighted by atomic mass is 16.5. The summed E-state index contributed by atoms with van der Waals surface area (Å²) in [6.07, 6.45) is 1.17. The standard InChI is InChI=1S/C16H18N2O/c1-2-6-15(7-3-1)19-16-8-4-5-13(11-16)18-14-9-10-17-12-14/h1-8,11,14,17-18H,9-10,12H2. The van der Waals surface area contributed by atoms with E-state index in [1.807, 2.05) is 48.5 Å². The van der Waals surface area contributed by atoms with Gasteiger partial charge in [-0.15, -0.1) is 0 Å². The molecule has 98 valence electrons. The number of nitrogens with one attached hydrogen (secondary N) is 2. The maximum atomic E-state index is 5.83. The molecule has 0 aromatic heterocycles. The summed E-state index contributed by atoms with van der Waals surface area (Å²) in [5.41, 5.74) is 1.11. The number of ether oxygens (including phenoxy) is 1. The molecular weight excluding hydrogens is 236 g/mol. The minimum atomic E-state index is 0.520. The second-order valence-electron chi connectivity index (χ2n) is 4.78. The molecule has 1 aliphatic heterocycles. The first-order valence-electron chi connectivity index (χ1n) is 6.70. The third kappa shape index (κ3) is 3.26. The van der Waals surface area contributed by atoms with Crippen molar-refractivity contribution in [3.63, 3.8) is 0 Å². The molecule has 1 atom stereocenters. The van der Waals surface area contributed by atoms with Crippen LogP contribution in [0.3, 0.4) is 0 Å². The van der Waals surface area contributed by atoms with Crippen LogP contribution in [0.25, 0.3) is 0 Å². The first-order chi connectivity index (χ1) is 9.40. The van der Waals surface area contributed by atoms with Gasteiger partial charge in [0.2, 0.25) is 0 Å². The Hall–Kier alpha value is -2.00. The summed E-state index contributed by atoms with van der Waals surface area (Å²) in [4.78, 5) is 0. The molecule has 1 aliphatic rings. The third-order valence-electron chi connectivity index (χ3n) is 3.24. The first kappa shape index (κ1) is 12.1. The van der Waals surface area contributed by atoms with Gasteiger partial charge in [-0.3, -0.25) is 0 Å². The van der Waals surface area contributed by atoms with Crippen LogP contribution >= 0.6 is 0 Å². The highest BCUT2D eigenvalue weighted by molar-refractivity contribution is 5.50. The van der Waals surface area contributed by atoms with Crippen LogP contribution in [0.4, 0.5) is 5.69 Å². The Morgan fingerprint density at radius 1 is 1.00 bits per heavy atom. The van der Waals surface area contributed by atoms with E-state index in [0.29, 0.717) is 6.04 Å². The molecule has 19 heavy (non-hydrogen) atoms. The lowest BCUT2D eigenvalue weighted by Crippen LogP contribution is -2.21. The van der Waals surface area contributed by atoms with Gasteiger partial charge in [-0.2, -0.15) is 0 Å². The number of para-hydroxylation sites is 1. The van der Waals surface area contributed by atoms with Gasteiger partial charge in [-0.25, -0.2) is 0 Å². The van der Waals surface area contributed by atoms with E-state index in [1.54, 1.807) is 0 Å². The van der Waals surface area contributed by atoms with Crippen LogP contribution in [0, 0.1) is 0 Å². The fraction of sp³-hybridized carbons (Fsp3) is 0.250. The van der Waals surface area contributed by atoms with E-state index in [2.05, 4.69) is 16.7 Å². The zero-order valence-corrected chi connectivity index (χ0v) is 10.8. The Balaban J connectivity index is 1.69. The highest BCUT2D eigenvalue weighted by Gasteiger charge is 2.13. The summed E-state index contributed by atoms with van der Waals surface area (Å²) in [5.74, 6) is 1.73. The molecule has 1 saturated heterocycles. The largest absolute Gasteiger partial charge is 0.457 e. The van der Waals surface area contributed by atoms with Gasteiger partial charge in [0.05, 0.1) is 0 Å². The topological polar surface area (TPSA) is 33.3 Å². The molecule has 0 radical (unpaired) electrons. The quantitative estimate of drug-likeness (QED) is 0.878. The van der Waals surface area contributed by atoms with E-state index >= 15 is 0 Å². The SMILES string of the molecule is c1ccc(Oc2cccc(NC3CCNC3)c2)cc1. The summed E-state index contributed by atoms with van der Waals surface area (Å²) in [7, 11) is 0. The van der Waals surface area contributed by atoms with E-state index in [1.165, 1.54) is 6.42 Å². The predicted molar refractivity (Wildman–Crippen MR) is 77.9 cm³/mol. The number of hydrogen-bond acceptors (Lipinski definition) is 3. The molecule has 3 heteroatoms. The molecule has 0 aliphatic carbocycles. The van der Waals surface area contributed by atoms with Gasteiger partial charge in [0.25, 0.3) is 0 Å². The molecule has 3 nitrogen and oxygen atoms in total. The second kappa shape index (κ2) is 5.76. The number of rotatable bonds is 4. The molecule has 1 fully saturated rings. The van der Waals surface area contributed by atoms with Crippen molar-refractivity contribution in [1.82, 2.24) is 5.32 Å². The van der Waals surface area contributed by atoms with E-state index in [4.69, 9.17) is 4.74 Å². The Morgan fingerprint density at radius 3 is 2.63 bits per heavy atom. The van der Waals surface area contributed by atoms with Gasteiger partial charge in [0.15, 0.2) is 0 Å². The van der Waals surface area contributed by atoms with Crippen LogP contribution in [-0.2, 0) is 0 Å². The van der Waals surface area contributed by atoms with Crippen molar-refractivity contribution in [3.8, 4) is 11.5 Å². The molecule has 2 aromatic carbocycles. The Labute approximate surface area is 113 Å². The molecule has 0 saturated carbocycles. The minimum absolute atomic E-state index is 0.520. The van der Waals surface area contributed by atoms with Crippen molar-refractivity contribution in [2.24, 2.45) is 0 Å². The van der Waals surface area contributed by atoms with Crippen molar-refractivity contribution in [3.05, 3.63) is 54.6 Å². The van der Waals surface area contributed by atoms with Crippen molar-refractivity contribution >= 4 is 5.69 Å². The van der Waals surface area contributed by atoms with Crippen LogP contribution in [0.5, 0.6) is 11.5 Å². The molecular formula is C16H18N2O. The Morgan fingerprint density at radius 2 is 1.84 bits per heavy atom. The van der Waals surface area contributed by atoms with Crippen LogP contribution in [-0.4, -0.2) is 19.1 Å². The number of benzene rings is 2. The second-order valence-corrected chi connectivity index (χ2v) is 4.78. The van der Waals surface area contributed by atoms with Crippen molar-refractivity contribution < 1.29 is 4.74 Å². The predicted octanol–water partition coefficient (Wildman–Crippen LogP) is 3.25. The van der Waals surface area contributed by atoms with Gasteiger partial charge in [0, 0.05) is 24.3 Å². The van der Waals surface area contributed by atoms with Crippen LogP contribution < -0.4 is 15.4 Å². The molecule has 0 bridgehead atoms.